The molecule has 0 spiro atoms. The van der Waals surface area contributed by atoms with Crippen LogP contribution in [0, 0.1) is 5.82 Å². The minimum absolute atomic E-state index is 0.0965. The highest BCUT2D eigenvalue weighted by atomic mass is 79.9. The number of nitrogens with one attached hydrogen (secondary N) is 2. The summed E-state index contributed by atoms with van der Waals surface area (Å²) in [4.78, 5) is 23.9. The summed E-state index contributed by atoms with van der Waals surface area (Å²) in [6.45, 7) is 0.0965. The van der Waals surface area contributed by atoms with Gasteiger partial charge in [-0.2, -0.15) is 0 Å². The number of rotatable bonds is 2. The molecule has 0 saturated heterocycles. The smallest absolute Gasteiger partial charge is 0.272 e. The molecule has 1 aliphatic heterocycles. The van der Waals surface area contributed by atoms with E-state index in [4.69, 9.17) is 9.47 Å². The minimum atomic E-state index is -0.766. The molecule has 1 heterocycles. The van der Waals surface area contributed by atoms with Crippen molar-refractivity contribution in [3.8, 4) is 11.5 Å². The number of benzene rings is 2. The second-order valence-electron chi connectivity index (χ2n) is 4.60. The summed E-state index contributed by atoms with van der Waals surface area (Å²) in [5.74, 6) is -1.03. The van der Waals surface area contributed by atoms with Crippen LogP contribution in [0.4, 0.5) is 4.39 Å². The van der Waals surface area contributed by atoms with Crippen molar-refractivity contribution in [1.82, 2.24) is 10.9 Å². The molecule has 0 fully saturated rings. The third kappa shape index (κ3) is 3.26. The zero-order valence-electron chi connectivity index (χ0n) is 11.6. The van der Waals surface area contributed by atoms with Crippen molar-refractivity contribution >= 4 is 27.7 Å². The average molecular weight is 381 g/mol. The van der Waals surface area contributed by atoms with Gasteiger partial charge < -0.3 is 9.47 Å². The third-order valence-corrected chi connectivity index (χ3v) is 3.59. The SMILES string of the molecule is O=C(NNC(=O)c1cc(Br)ccc1F)c1ccc2c(c1)OCO2. The molecule has 118 valence electrons. The number of carbonyl (C=O) groups excluding carboxylic acids is 2. The van der Waals surface area contributed by atoms with Crippen molar-refractivity contribution in [2.45, 2.75) is 0 Å². The molecular formula is C15H10BrFN2O4. The predicted molar refractivity (Wildman–Crippen MR) is 81.6 cm³/mol. The number of hydrazine groups is 1. The van der Waals surface area contributed by atoms with Crippen molar-refractivity contribution in [3.63, 3.8) is 0 Å². The number of amides is 2. The lowest BCUT2D eigenvalue weighted by Crippen LogP contribution is -2.41. The van der Waals surface area contributed by atoms with Crippen LogP contribution in [0.15, 0.2) is 40.9 Å². The summed E-state index contributed by atoms with van der Waals surface area (Å²) in [7, 11) is 0. The van der Waals surface area contributed by atoms with Crippen LogP contribution < -0.4 is 20.3 Å². The first kappa shape index (κ1) is 15.3. The first-order chi connectivity index (χ1) is 11.0. The normalized spacial score (nSPS) is 11.9. The van der Waals surface area contributed by atoms with Crippen LogP contribution in [0.2, 0.25) is 0 Å². The molecule has 6 nitrogen and oxygen atoms in total. The van der Waals surface area contributed by atoms with Crippen LogP contribution in [0.5, 0.6) is 11.5 Å². The van der Waals surface area contributed by atoms with Gasteiger partial charge in [-0.3, -0.25) is 20.4 Å². The Hall–Kier alpha value is -2.61. The number of halogens is 2. The second kappa shape index (κ2) is 6.25. The average Bonchev–Trinajstić information content (AvgIpc) is 3.02. The third-order valence-electron chi connectivity index (χ3n) is 3.10. The van der Waals surface area contributed by atoms with Gasteiger partial charge in [0.05, 0.1) is 5.56 Å². The van der Waals surface area contributed by atoms with Gasteiger partial charge >= 0.3 is 0 Å². The highest BCUT2D eigenvalue weighted by molar-refractivity contribution is 9.10. The van der Waals surface area contributed by atoms with E-state index in [1.165, 1.54) is 24.3 Å². The predicted octanol–water partition coefficient (Wildman–Crippen LogP) is 2.39. The van der Waals surface area contributed by atoms with Crippen LogP contribution >= 0.6 is 15.9 Å². The van der Waals surface area contributed by atoms with Crippen molar-refractivity contribution in [2.24, 2.45) is 0 Å². The Morgan fingerprint density at radius 3 is 2.57 bits per heavy atom. The van der Waals surface area contributed by atoms with E-state index in [0.29, 0.717) is 16.0 Å². The Bertz CT molecular complexity index is 797. The summed E-state index contributed by atoms with van der Waals surface area (Å²) in [6.07, 6.45) is 0. The molecule has 0 saturated carbocycles. The van der Waals surface area contributed by atoms with Crippen molar-refractivity contribution in [1.29, 1.82) is 0 Å². The number of fused-ring (bicyclic) bond motifs is 1. The monoisotopic (exact) mass is 380 g/mol. The van der Waals surface area contributed by atoms with Crippen LogP contribution in [-0.2, 0) is 0 Å². The summed E-state index contributed by atoms with van der Waals surface area (Å²) in [5.41, 5.74) is 4.46. The van der Waals surface area contributed by atoms with E-state index < -0.39 is 17.6 Å². The first-order valence-corrected chi connectivity index (χ1v) is 7.29. The molecule has 0 aliphatic carbocycles. The minimum Gasteiger partial charge on any atom is -0.454 e. The summed E-state index contributed by atoms with van der Waals surface area (Å²) in [5, 5.41) is 0. The maximum atomic E-state index is 13.6. The van der Waals surface area contributed by atoms with Crippen LogP contribution in [0.3, 0.4) is 0 Å². The molecule has 1 aliphatic rings. The van der Waals surface area contributed by atoms with E-state index >= 15 is 0 Å². The fraction of sp³-hybridized carbons (Fsp3) is 0.0667. The van der Waals surface area contributed by atoms with Gasteiger partial charge in [-0.05, 0) is 36.4 Å². The first-order valence-electron chi connectivity index (χ1n) is 6.50. The van der Waals surface area contributed by atoms with Crippen LogP contribution in [0.25, 0.3) is 0 Å². The Balaban J connectivity index is 1.67. The van der Waals surface area contributed by atoms with Gasteiger partial charge in [0.1, 0.15) is 5.82 Å². The molecule has 2 aromatic carbocycles. The van der Waals surface area contributed by atoms with Crippen molar-refractivity contribution < 1.29 is 23.5 Å². The number of hydrogen-bond acceptors (Lipinski definition) is 4. The zero-order chi connectivity index (χ0) is 16.4. The Kier molecular flexibility index (Phi) is 4.16. The van der Waals surface area contributed by atoms with E-state index in [2.05, 4.69) is 26.8 Å². The maximum absolute atomic E-state index is 13.6. The van der Waals surface area contributed by atoms with Crippen LogP contribution in [-0.4, -0.2) is 18.6 Å². The molecule has 0 unspecified atom stereocenters. The molecular weight excluding hydrogens is 371 g/mol. The van der Waals surface area contributed by atoms with E-state index in [0.717, 1.165) is 6.07 Å². The van der Waals surface area contributed by atoms with Crippen molar-refractivity contribution in [2.75, 3.05) is 6.79 Å². The van der Waals surface area contributed by atoms with Gasteiger partial charge in [0.25, 0.3) is 11.8 Å². The molecule has 8 heteroatoms. The Morgan fingerprint density at radius 1 is 1.00 bits per heavy atom. The molecule has 23 heavy (non-hydrogen) atoms. The summed E-state index contributed by atoms with van der Waals surface area (Å²) in [6, 6.07) is 8.54. The zero-order valence-corrected chi connectivity index (χ0v) is 13.1. The van der Waals surface area contributed by atoms with E-state index in [-0.39, 0.29) is 17.9 Å². The highest BCUT2D eigenvalue weighted by Gasteiger charge is 2.17. The molecule has 0 aromatic heterocycles. The lowest BCUT2D eigenvalue weighted by atomic mass is 10.2. The second-order valence-corrected chi connectivity index (χ2v) is 5.52. The van der Waals surface area contributed by atoms with E-state index in [1.807, 2.05) is 0 Å². The topological polar surface area (TPSA) is 76.7 Å². The van der Waals surface area contributed by atoms with Gasteiger partial charge in [0, 0.05) is 10.0 Å². The number of hydrogen-bond donors (Lipinski definition) is 2. The molecule has 0 atom stereocenters. The lowest BCUT2D eigenvalue weighted by molar-refractivity contribution is 0.0844. The van der Waals surface area contributed by atoms with E-state index in [9.17, 15) is 14.0 Å². The van der Waals surface area contributed by atoms with Crippen molar-refractivity contribution in [3.05, 3.63) is 57.8 Å². The molecule has 0 bridgehead atoms. The Morgan fingerprint density at radius 2 is 1.74 bits per heavy atom. The van der Waals surface area contributed by atoms with Gasteiger partial charge in [0.2, 0.25) is 6.79 Å². The highest BCUT2D eigenvalue weighted by Crippen LogP contribution is 2.32. The number of carbonyl (C=O) groups is 2. The summed E-state index contributed by atoms with van der Waals surface area (Å²) < 4.78 is 24.5. The van der Waals surface area contributed by atoms with Gasteiger partial charge in [-0.1, -0.05) is 15.9 Å². The van der Waals surface area contributed by atoms with Gasteiger partial charge in [0.15, 0.2) is 11.5 Å². The largest absolute Gasteiger partial charge is 0.454 e. The summed E-state index contributed by atoms with van der Waals surface area (Å²) >= 11 is 3.15. The molecule has 3 rings (SSSR count). The molecule has 0 radical (unpaired) electrons. The van der Waals surface area contributed by atoms with E-state index in [1.54, 1.807) is 6.07 Å². The van der Waals surface area contributed by atoms with Gasteiger partial charge in [-0.25, -0.2) is 4.39 Å². The molecule has 2 amide bonds. The molecule has 2 N–H and O–H groups in total. The van der Waals surface area contributed by atoms with Gasteiger partial charge in [-0.15, -0.1) is 0 Å². The number of ether oxygens (including phenoxy) is 2. The lowest BCUT2D eigenvalue weighted by Gasteiger charge is -2.08. The van der Waals surface area contributed by atoms with Crippen LogP contribution in [0.1, 0.15) is 20.7 Å². The maximum Gasteiger partial charge on any atom is 0.272 e. The molecule has 2 aromatic rings. The Labute approximate surface area is 138 Å². The fourth-order valence-corrected chi connectivity index (χ4v) is 2.32. The fourth-order valence-electron chi connectivity index (χ4n) is 1.96. The standard InChI is InChI=1S/C15H10BrFN2O4/c16-9-2-3-11(17)10(6-9)15(21)19-18-14(20)8-1-4-12-13(5-8)23-7-22-12/h1-6H,7H2,(H,18,20)(H,19,21). The quantitative estimate of drug-likeness (QED) is 0.784.